The van der Waals surface area contributed by atoms with Crippen LogP contribution >= 0.6 is 11.6 Å². The minimum atomic E-state index is -0.354. The average Bonchev–Trinajstić information content (AvgIpc) is 2.79. The van der Waals surface area contributed by atoms with E-state index in [1.165, 1.54) is 0 Å². The van der Waals surface area contributed by atoms with Gasteiger partial charge in [-0.1, -0.05) is 16.8 Å². The summed E-state index contributed by atoms with van der Waals surface area (Å²) >= 11 is 5.95. The largest absolute Gasteiger partial charge is 0.450 e. The Bertz CT molecular complexity index is 509. The van der Waals surface area contributed by atoms with Crippen molar-refractivity contribution >= 4 is 23.6 Å². The van der Waals surface area contributed by atoms with Gasteiger partial charge < -0.3 is 19.1 Å². The molecule has 0 radical (unpaired) electrons. The number of nitrogens with zero attached hydrogens (tertiary/aromatic N) is 3. The second-order valence-corrected chi connectivity index (χ2v) is 4.77. The predicted octanol–water partition coefficient (Wildman–Crippen LogP) is 1.55. The fraction of sp³-hybridized carbons (Fsp3) is 0.583. The average molecular weight is 302 g/mol. The molecule has 1 fully saturated rings. The topological polar surface area (TPSA) is 75.9 Å². The zero-order chi connectivity index (χ0) is 14.7. The van der Waals surface area contributed by atoms with E-state index in [1.807, 2.05) is 0 Å². The second kappa shape index (κ2) is 6.13. The molecular weight excluding hydrogens is 286 g/mol. The highest BCUT2D eigenvalue weighted by atomic mass is 35.5. The number of piperazine rings is 1. The highest BCUT2D eigenvalue weighted by Gasteiger charge is 2.29. The van der Waals surface area contributed by atoms with E-state index in [9.17, 15) is 9.59 Å². The molecule has 110 valence electrons. The number of aryl methyl sites for hydroxylation is 1. The van der Waals surface area contributed by atoms with Gasteiger partial charge >= 0.3 is 6.09 Å². The van der Waals surface area contributed by atoms with Gasteiger partial charge in [0.25, 0.3) is 5.91 Å². The predicted molar refractivity (Wildman–Crippen MR) is 70.7 cm³/mol. The van der Waals surface area contributed by atoms with Crippen molar-refractivity contribution < 1.29 is 18.8 Å². The highest BCUT2D eigenvalue weighted by molar-refractivity contribution is 6.33. The maximum Gasteiger partial charge on any atom is 0.409 e. The third kappa shape index (κ3) is 2.87. The molecule has 1 saturated heterocycles. The lowest BCUT2D eigenvalue weighted by atomic mass is 10.3. The van der Waals surface area contributed by atoms with Gasteiger partial charge in [0.05, 0.1) is 12.3 Å². The number of amides is 2. The number of hydrogen-bond acceptors (Lipinski definition) is 5. The molecule has 2 rings (SSSR count). The van der Waals surface area contributed by atoms with Gasteiger partial charge in [0.2, 0.25) is 5.76 Å². The Kier molecular flexibility index (Phi) is 4.49. The van der Waals surface area contributed by atoms with Crippen LogP contribution in [0.15, 0.2) is 4.52 Å². The summed E-state index contributed by atoms with van der Waals surface area (Å²) in [6.07, 6.45) is -0.354. The Hall–Kier alpha value is -1.76. The van der Waals surface area contributed by atoms with Crippen LogP contribution in [0.3, 0.4) is 0 Å². The van der Waals surface area contributed by atoms with Crippen LogP contribution in [0.5, 0.6) is 0 Å². The molecule has 1 aromatic rings. The van der Waals surface area contributed by atoms with Gasteiger partial charge in [-0.25, -0.2) is 4.79 Å². The fourth-order valence-electron chi connectivity index (χ4n) is 1.94. The molecule has 7 nitrogen and oxygen atoms in total. The van der Waals surface area contributed by atoms with E-state index < -0.39 is 0 Å². The van der Waals surface area contributed by atoms with Crippen LogP contribution in [0, 0.1) is 6.92 Å². The summed E-state index contributed by atoms with van der Waals surface area (Å²) in [7, 11) is 0. The lowest BCUT2D eigenvalue weighted by molar-refractivity contribution is 0.0539. The Morgan fingerprint density at radius 3 is 2.40 bits per heavy atom. The molecule has 0 N–H and O–H groups in total. The van der Waals surface area contributed by atoms with Crippen molar-refractivity contribution in [3.63, 3.8) is 0 Å². The van der Waals surface area contributed by atoms with Crippen molar-refractivity contribution in [1.82, 2.24) is 15.0 Å². The quantitative estimate of drug-likeness (QED) is 0.828. The van der Waals surface area contributed by atoms with Crippen LogP contribution in [0.1, 0.15) is 23.2 Å². The Labute approximate surface area is 121 Å². The van der Waals surface area contributed by atoms with E-state index in [0.29, 0.717) is 38.5 Å². The standard InChI is InChI=1S/C12H16ClN3O4/c1-3-19-12(18)16-6-4-15(5-7-16)11(17)10-9(13)8(2)14-20-10/h3-7H2,1-2H3. The van der Waals surface area contributed by atoms with Crippen molar-refractivity contribution in [3.8, 4) is 0 Å². The maximum atomic E-state index is 12.2. The van der Waals surface area contributed by atoms with E-state index in [-0.39, 0.29) is 22.8 Å². The number of rotatable bonds is 2. The third-order valence-corrected chi connectivity index (χ3v) is 3.52. The van der Waals surface area contributed by atoms with Crippen molar-refractivity contribution in [3.05, 3.63) is 16.5 Å². The van der Waals surface area contributed by atoms with Crippen molar-refractivity contribution in [2.24, 2.45) is 0 Å². The number of carbonyl (C=O) groups excluding carboxylic acids is 2. The van der Waals surface area contributed by atoms with Crippen LogP contribution in [-0.4, -0.2) is 59.7 Å². The highest BCUT2D eigenvalue weighted by Crippen LogP contribution is 2.21. The summed E-state index contributed by atoms with van der Waals surface area (Å²) in [6.45, 7) is 5.43. The lowest BCUT2D eigenvalue weighted by Crippen LogP contribution is -2.50. The molecule has 20 heavy (non-hydrogen) atoms. The van der Waals surface area contributed by atoms with Crippen molar-refractivity contribution in [1.29, 1.82) is 0 Å². The van der Waals surface area contributed by atoms with E-state index in [4.69, 9.17) is 20.9 Å². The molecule has 0 bridgehead atoms. The van der Waals surface area contributed by atoms with Crippen LogP contribution in [0.25, 0.3) is 0 Å². The van der Waals surface area contributed by atoms with Gasteiger partial charge in [0.1, 0.15) is 5.02 Å². The molecule has 1 aliphatic rings. The normalized spacial score (nSPS) is 15.3. The van der Waals surface area contributed by atoms with Crippen molar-refractivity contribution in [2.45, 2.75) is 13.8 Å². The Balaban J connectivity index is 1.95. The smallest absolute Gasteiger partial charge is 0.409 e. The molecule has 0 saturated carbocycles. The SMILES string of the molecule is CCOC(=O)N1CCN(C(=O)c2onc(C)c2Cl)CC1. The summed E-state index contributed by atoms with van der Waals surface area (Å²) in [5.74, 6) is -0.257. The second-order valence-electron chi connectivity index (χ2n) is 4.39. The monoisotopic (exact) mass is 301 g/mol. The van der Waals surface area contributed by atoms with E-state index in [1.54, 1.807) is 23.6 Å². The maximum absolute atomic E-state index is 12.2. The van der Waals surface area contributed by atoms with Gasteiger partial charge in [-0.2, -0.15) is 0 Å². The molecule has 0 atom stereocenters. The number of ether oxygens (including phenoxy) is 1. The number of hydrogen-bond donors (Lipinski definition) is 0. The number of halogens is 1. The van der Waals surface area contributed by atoms with Crippen molar-refractivity contribution in [2.75, 3.05) is 32.8 Å². The zero-order valence-corrected chi connectivity index (χ0v) is 12.1. The number of aromatic nitrogens is 1. The summed E-state index contributed by atoms with van der Waals surface area (Å²) in [5, 5.41) is 3.90. The fourth-order valence-corrected chi connectivity index (χ4v) is 2.09. The van der Waals surface area contributed by atoms with Gasteiger partial charge in [0.15, 0.2) is 0 Å². The van der Waals surface area contributed by atoms with Crippen LogP contribution < -0.4 is 0 Å². The number of carbonyl (C=O) groups is 2. The molecule has 0 spiro atoms. The summed E-state index contributed by atoms with van der Waals surface area (Å²) in [5.41, 5.74) is 0.486. The summed E-state index contributed by atoms with van der Waals surface area (Å²) in [4.78, 5) is 26.9. The lowest BCUT2D eigenvalue weighted by Gasteiger charge is -2.33. The first kappa shape index (κ1) is 14.6. The molecule has 8 heteroatoms. The van der Waals surface area contributed by atoms with E-state index in [0.717, 1.165) is 0 Å². The Morgan fingerprint density at radius 1 is 1.30 bits per heavy atom. The molecule has 1 aliphatic heterocycles. The minimum Gasteiger partial charge on any atom is -0.450 e. The third-order valence-electron chi connectivity index (χ3n) is 3.08. The minimum absolute atomic E-state index is 0.0498. The van der Waals surface area contributed by atoms with Gasteiger partial charge in [-0.3, -0.25) is 4.79 Å². The van der Waals surface area contributed by atoms with Gasteiger partial charge in [-0.05, 0) is 13.8 Å². The molecule has 0 aliphatic carbocycles. The first-order valence-corrected chi connectivity index (χ1v) is 6.75. The summed E-state index contributed by atoms with van der Waals surface area (Å²) < 4.78 is 9.86. The first-order chi connectivity index (χ1) is 9.54. The van der Waals surface area contributed by atoms with E-state index >= 15 is 0 Å². The molecule has 0 aromatic carbocycles. The molecule has 2 heterocycles. The molecule has 2 amide bonds. The molecule has 1 aromatic heterocycles. The molecule has 0 unspecified atom stereocenters. The van der Waals surface area contributed by atoms with Gasteiger partial charge in [-0.15, -0.1) is 0 Å². The first-order valence-electron chi connectivity index (χ1n) is 6.37. The zero-order valence-electron chi connectivity index (χ0n) is 11.4. The van der Waals surface area contributed by atoms with Gasteiger partial charge in [0, 0.05) is 26.2 Å². The van der Waals surface area contributed by atoms with Crippen LogP contribution in [0.4, 0.5) is 4.79 Å². The van der Waals surface area contributed by atoms with Crippen LogP contribution in [0.2, 0.25) is 5.02 Å². The molecular formula is C12H16ClN3O4. The van der Waals surface area contributed by atoms with Crippen LogP contribution in [-0.2, 0) is 4.74 Å². The summed E-state index contributed by atoms with van der Waals surface area (Å²) in [6, 6.07) is 0. The van der Waals surface area contributed by atoms with E-state index in [2.05, 4.69) is 5.16 Å². The Morgan fingerprint density at radius 2 is 1.90 bits per heavy atom.